The maximum absolute atomic E-state index is 11.4. The number of methoxy groups -OCH3 is 1. The second-order valence-electron chi connectivity index (χ2n) is 2.74. The molecule has 82 valence electrons. The van der Waals surface area contributed by atoms with Gasteiger partial charge in [0.1, 0.15) is 0 Å². The molecule has 0 unspecified atom stereocenters. The van der Waals surface area contributed by atoms with Crippen LogP contribution in [0, 0.1) is 0 Å². The van der Waals surface area contributed by atoms with Gasteiger partial charge < -0.3 is 9.47 Å². The Morgan fingerprint density at radius 1 is 1.53 bits per heavy atom. The zero-order chi connectivity index (χ0) is 11.3. The summed E-state index contributed by atoms with van der Waals surface area (Å²) in [6.45, 7) is 2.28. The van der Waals surface area contributed by atoms with E-state index < -0.39 is 5.91 Å². The van der Waals surface area contributed by atoms with Gasteiger partial charge in [0.05, 0.1) is 19.3 Å². The predicted molar refractivity (Wildman–Crippen MR) is 55.8 cm³/mol. The Bertz CT molecular complexity index is 353. The van der Waals surface area contributed by atoms with E-state index in [4.69, 9.17) is 15.3 Å². The third-order valence-corrected chi connectivity index (χ3v) is 1.86. The van der Waals surface area contributed by atoms with Gasteiger partial charge in [-0.15, -0.1) is 0 Å². The molecule has 3 N–H and O–H groups in total. The largest absolute Gasteiger partial charge is 0.493 e. The number of ether oxygens (including phenoxy) is 2. The second kappa shape index (κ2) is 5.21. The molecule has 0 aliphatic carbocycles. The predicted octanol–water partition coefficient (Wildman–Crippen LogP) is 0.697. The molecular formula is C10H14N2O3. The van der Waals surface area contributed by atoms with Crippen molar-refractivity contribution in [3.05, 3.63) is 23.8 Å². The van der Waals surface area contributed by atoms with Crippen LogP contribution in [-0.4, -0.2) is 19.6 Å². The van der Waals surface area contributed by atoms with Crippen LogP contribution >= 0.6 is 0 Å². The molecule has 0 fully saturated rings. The molecule has 0 aliphatic heterocycles. The number of rotatable bonds is 4. The van der Waals surface area contributed by atoms with Crippen molar-refractivity contribution in [3.63, 3.8) is 0 Å². The lowest BCUT2D eigenvalue weighted by molar-refractivity contribution is 0.0949. The molecule has 0 radical (unpaired) electrons. The van der Waals surface area contributed by atoms with Gasteiger partial charge in [-0.1, -0.05) is 6.07 Å². The number of hydrazine groups is 1. The minimum atomic E-state index is -0.405. The summed E-state index contributed by atoms with van der Waals surface area (Å²) in [6, 6.07) is 5.04. The summed E-state index contributed by atoms with van der Waals surface area (Å²) in [5.74, 6) is 5.58. The van der Waals surface area contributed by atoms with Gasteiger partial charge in [0.2, 0.25) is 0 Å². The van der Waals surface area contributed by atoms with Crippen molar-refractivity contribution >= 4 is 5.91 Å². The van der Waals surface area contributed by atoms with Crippen molar-refractivity contribution in [2.24, 2.45) is 5.84 Å². The van der Waals surface area contributed by atoms with Crippen molar-refractivity contribution in [1.82, 2.24) is 5.43 Å². The quantitative estimate of drug-likeness (QED) is 0.436. The lowest BCUT2D eigenvalue weighted by Gasteiger charge is -2.12. The average Bonchev–Trinajstić information content (AvgIpc) is 2.28. The van der Waals surface area contributed by atoms with Gasteiger partial charge in [0.15, 0.2) is 11.5 Å². The first-order valence-corrected chi connectivity index (χ1v) is 4.55. The minimum Gasteiger partial charge on any atom is -0.493 e. The number of nitrogen functional groups attached to an aromatic ring is 1. The van der Waals surface area contributed by atoms with E-state index in [-0.39, 0.29) is 0 Å². The Kier molecular flexibility index (Phi) is 3.93. The van der Waals surface area contributed by atoms with Gasteiger partial charge in [-0.3, -0.25) is 10.2 Å². The van der Waals surface area contributed by atoms with Crippen LogP contribution in [0.25, 0.3) is 0 Å². The van der Waals surface area contributed by atoms with Crippen LogP contribution in [0.5, 0.6) is 11.5 Å². The summed E-state index contributed by atoms with van der Waals surface area (Å²) in [6.07, 6.45) is 0. The summed E-state index contributed by atoms with van der Waals surface area (Å²) < 4.78 is 10.4. The van der Waals surface area contributed by atoms with Crippen LogP contribution in [0.4, 0.5) is 0 Å². The summed E-state index contributed by atoms with van der Waals surface area (Å²) in [4.78, 5) is 11.4. The minimum absolute atomic E-state index is 0.360. The van der Waals surface area contributed by atoms with Crippen LogP contribution in [0.3, 0.4) is 0 Å². The van der Waals surface area contributed by atoms with E-state index in [0.29, 0.717) is 23.7 Å². The topological polar surface area (TPSA) is 73.6 Å². The highest BCUT2D eigenvalue weighted by molar-refractivity contribution is 5.97. The number of nitrogens with two attached hydrogens (primary N) is 1. The molecule has 15 heavy (non-hydrogen) atoms. The summed E-state index contributed by atoms with van der Waals surface area (Å²) >= 11 is 0. The lowest BCUT2D eigenvalue weighted by atomic mass is 10.1. The van der Waals surface area contributed by atoms with Crippen molar-refractivity contribution in [3.8, 4) is 11.5 Å². The molecule has 0 spiro atoms. The van der Waals surface area contributed by atoms with Gasteiger partial charge in [-0.05, 0) is 19.1 Å². The summed E-state index contributed by atoms with van der Waals surface area (Å²) in [5.41, 5.74) is 2.42. The van der Waals surface area contributed by atoms with E-state index in [1.54, 1.807) is 18.2 Å². The van der Waals surface area contributed by atoms with E-state index in [1.165, 1.54) is 7.11 Å². The third-order valence-electron chi connectivity index (χ3n) is 1.86. The summed E-state index contributed by atoms with van der Waals surface area (Å²) in [5, 5.41) is 0. The Hall–Kier alpha value is -1.75. The van der Waals surface area contributed by atoms with E-state index in [2.05, 4.69) is 5.43 Å². The second-order valence-corrected chi connectivity index (χ2v) is 2.74. The highest BCUT2D eigenvalue weighted by atomic mass is 16.5. The number of para-hydroxylation sites is 1. The van der Waals surface area contributed by atoms with Gasteiger partial charge >= 0.3 is 0 Å². The fourth-order valence-corrected chi connectivity index (χ4v) is 1.23. The highest BCUT2D eigenvalue weighted by Crippen LogP contribution is 2.30. The number of amides is 1. The van der Waals surface area contributed by atoms with Gasteiger partial charge in [-0.25, -0.2) is 5.84 Å². The third kappa shape index (κ3) is 2.38. The highest BCUT2D eigenvalue weighted by Gasteiger charge is 2.15. The molecule has 0 bridgehead atoms. The molecule has 1 aromatic rings. The van der Waals surface area contributed by atoms with E-state index in [9.17, 15) is 4.79 Å². The fraction of sp³-hybridized carbons (Fsp3) is 0.300. The van der Waals surface area contributed by atoms with Gasteiger partial charge in [0.25, 0.3) is 5.91 Å². The van der Waals surface area contributed by atoms with Gasteiger partial charge in [0, 0.05) is 0 Å². The standard InChI is InChI=1S/C10H14N2O3/c1-3-15-9-7(10(13)12-11)5-4-6-8(9)14-2/h4-6H,3,11H2,1-2H3,(H,12,13). The van der Waals surface area contributed by atoms with Crippen LogP contribution in [0.2, 0.25) is 0 Å². The number of hydrogen-bond acceptors (Lipinski definition) is 4. The fourth-order valence-electron chi connectivity index (χ4n) is 1.23. The molecule has 5 heteroatoms. The zero-order valence-corrected chi connectivity index (χ0v) is 8.74. The molecule has 0 aromatic heterocycles. The maximum atomic E-state index is 11.4. The number of nitrogens with one attached hydrogen (secondary N) is 1. The first-order valence-electron chi connectivity index (χ1n) is 4.55. The normalized spacial score (nSPS) is 9.53. The molecule has 0 atom stereocenters. The first-order chi connectivity index (χ1) is 7.24. The Morgan fingerprint density at radius 3 is 2.80 bits per heavy atom. The number of benzene rings is 1. The smallest absolute Gasteiger partial charge is 0.269 e. The molecule has 5 nitrogen and oxygen atoms in total. The molecule has 1 rings (SSSR count). The molecule has 1 aromatic carbocycles. The molecule has 0 heterocycles. The van der Waals surface area contributed by atoms with Crippen molar-refractivity contribution in [2.75, 3.05) is 13.7 Å². The molecular weight excluding hydrogens is 196 g/mol. The monoisotopic (exact) mass is 210 g/mol. The van der Waals surface area contributed by atoms with E-state index in [1.807, 2.05) is 6.92 Å². The SMILES string of the molecule is CCOc1c(OC)cccc1C(=O)NN. The molecule has 0 saturated carbocycles. The maximum Gasteiger partial charge on any atom is 0.269 e. The van der Waals surface area contributed by atoms with E-state index in [0.717, 1.165) is 0 Å². The molecule has 0 aliphatic rings. The molecule has 1 amide bonds. The van der Waals surface area contributed by atoms with Crippen molar-refractivity contribution in [1.29, 1.82) is 0 Å². The number of carbonyl (C=O) groups is 1. The van der Waals surface area contributed by atoms with Crippen LogP contribution in [-0.2, 0) is 0 Å². The van der Waals surface area contributed by atoms with E-state index >= 15 is 0 Å². The average molecular weight is 210 g/mol. The van der Waals surface area contributed by atoms with Crippen LogP contribution < -0.4 is 20.7 Å². The Morgan fingerprint density at radius 2 is 2.27 bits per heavy atom. The van der Waals surface area contributed by atoms with Crippen molar-refractivity contribution < 1.29 is 14.3 Å². The van der Waals surface area contributed by atoms with Crippen LogP contribution in [0.15, 0.2) is 18.2 Å². The van der Waals surface area contributed by atoms with Gasteiger partial charge in [-0.2, -0.15) is 0 Å². The number of hydrogen-bond donors (Lipinski definition) is 2. The van der Waals surface area contributed by atoms with Crippen LogP contribution in [0.1, 0.15) is 17.3 Å². The Balaban J connectivity index is 3.18. The zero-order valence-electron chi connectivity index (χ0n) is 8.74. The van der Waals surface area contributed by atoms with Crippen molar-refractivity contribution in [2.45, 2.75) is 6.92 Å². The first kappa shape index (κ1) is 11.3. The lowest BCUT2D eigenvalue weighted by Crippen LogP contribution is -2.30. The number of carbonyl (C=O) groups excluding carboxylic acids is 1. The molecule has 0 saturated heterocycles. The summed E-state index contributed by atoms with van der Waals surface area (Å²) in [7, 11) is 1.52. The Labute approximate surface area is 88.1 Å².